The first kappa shape index (κ1) is 50.1. The van der Waals surface area contributed by atoms with Crippen molar-refractivity contribution in [2.24, 2.45) is 0 Å². The third-order valence-electron chi connectivity index (χ3n) is 15.5. The number of β-amino-alcohol motifs (C(OH)–C–C–N with tert-alkyl or cyclic N) is 1. The number of nitrogens with zero attached hydrogens (tertiary/aromatic N) is 9. The summed E-state index contributed by atoms with van der Waals surface area (Å²) in [5.74, 6) is -0.501. The predicted octanol–water partition coefficient (Wildman–Crippen LogP) is 9.37. The number of aromatic nitrogens is 6. The van der Waals surface area contributed by atoms with Gasteiger partial charge in [0.05, 0.1) is 64.6 Å². The number of methoxy groups -OCH3 is 1. The number of carbonyl (C=O) groups is 3. The zero-order valence-corrected chi connectivity index (χ0v) is 43.2. The summed E-state index contributed by atoms with van der Waals surface area (Å²) in [6, 6.07) is 42.7. The van der Waals surface area contributed by atoms with Gasteiger partial charge in [0.2, 0.25) is 17.7 Å². The number of rotatable bonds is 12. The van der Waals surface area contributed by atoms with Crippen LogP contribution in [0.1, 0.15) is 72.4 Å². The number of aliphatic hydroxyl groups is 2. The van der Waals surface area contributed by atoms with Crippen molar-refractivity contribution in [2.45, 2.75) is 62.5 Å². The highest BCUT2D eigenvalue weighted by atomic mass is 16.5. The van der Waals surface area contributed by atoms with E-state index in [-0.39, 0.29) is 29.9 Å². The van der Waals surface area contributed by atoms with E-state index in [9.17, 15) is 24.6 Å². The Kier molecular flexibility index (Phi) is 13.9. The van der Waals surface area contributed by atoms with Gasteiger partial charge in [0, 0.05) is 86.8 Å². The fraction of sp³-hybridized carbons (Fsp3) is 0.238. The van der Waals surface area contributed by atoms with Crippen molar-refractivity contribution in [3.63, 3.8) is 0 Å². The molecule has 3 aromatic carbocycles. The van der Waals surface area contributed by atoms with E-state index in [1.807, 2.05) is 175 Å². The number of piperidine rings is 2. The van der Waals surface area contributed by atoms with Crippen LogP contribution in [0.5, 0.6) is 0 Å². The summed E-state index contributed by atoms with van der Waals surface area (Å²) >= 11 is 0. The number of hydrogen-bond donors (Lipinski definition) is 2. The van der Waals surface area contributed by atoms with E-state index in [1.165, 1.54) is 6.08 Å². The van der Waals surface area contributed by atoms with Crippen molar-refractivity contribution in [2.75, 3.05) is 33.3 Å². The lowest BCUT2D eigenvalue weighted by Gasteiger charge is -2.39. The highest BCUT2D eigenvalue weighted by molar-refractivity contribution is 5.95. The number of imidazole rings is 3. The minimum Gasteiger partial charge on any atom is -0.393 e. The molecule has 2 N–H and O–H groups in total. The Hall–Kier alpha value is -8.76. The topological polar surface area (TPSA) is 163 Å². The Morgan fingerprint density at radius 1 is 0.500 bits per heavy atom. The highest BCUT2D eigenvalue weighted by Gasteiger charge is 2.34. The van der Waals surface area contributed by atoms with E-state index in [4.69, 9.17) is 19.7 Å². The highest BCUT2D eigenvalue weighted by Crippen LogP contribution is 2.38. The molecule has 15 heteroatoms. The van der Waals surface area contributed by atoms with Crippen LogP contribution in [-0.2, 0) is 19.1 Å². The predicted molar refractivity (Wildman–Crippen MR) is 300 cm³/mol. The van der Waals surface area contributed by atoms with Gasteiger partial charge in [-0.25, -0.2) is 15.0 Å². The molecule has 12 rings (SSSR count). The van der Waals surface area contributed by atoms with Crippen LogP contribution in [0.25, 0.3) is 68.9 Å². The lowest BCUT2D eigenvalue weighted by Crippen LogP contribution is -2.42. The van der Waals surface area contributed by atoms with Crippen molar-refractivity contribution in [1.82, 2.24) is 42.9 Å². The molecule has 5 unspecified atom stereocenters. The molecule has 3 aliphatic rings. The quantitative estimate of drug-likeness (QED) is 0.114. The van der Waals surface area contributed by atoms with Crippen molar-refractivity contribution in [3.8, 4) is 33.8 Å². The summed E-state index contributed by atoms with van der Waals surface area (Å²) in [5.41, 5.74) is 11.0. The molecule has 6 aromatic heterocycles. The van der Waals surface area contributed by atoms with E-state index in [1.54, 1.807) is 30.2 Å². The van der Waals surface area contributed by atoms with E-state index >= 15 is 0 Å². The molecule has 3 amide bonds. The molecule has 3 fully saturated rings. The number of carbonyl (C=O) groups excluding carboxylic acids is 3. The molecule has 0 bridgehead atoms. The van der Waals surface area contributed by atoms with E-state index in [0.717, 1.165) is 56.2 Å². The molecule has 0 saturated carbocycles. The number of likely N-dealkylation sites (tertiary alicyclic amines) is 3. The van der Waals surface area contributed by atoms with Gasteiger partial charge < -0.3 is 29.6 Å². The molecule has 15 nitrogen and oxygen atoms in total. The Balaban J connectivity index is 0.830. The summed E-state index contributed by atoms with van der Waals surface area (Å²) in [6.45, 7) is 1.66. The van der Waals surface area contributed by atoms with Gasteiger partial charge in [0.25, 0.3) is 0 Å². The Morgan fingerprint density at radius 2 is 0.949 bits per heavy atom. The zero-order chi connectivity index (χ0) is 53.3. The second-order valence-electron chi connectivity index (χ2n) is 20.3. The lowest BCUT2D eigenvalue weighted by molar-refractivity contribution is -0.132. The fourth-order valence-electron chi connectivity index (χ4n) is 11.5. The van der Waals surface area contributed by atoms with Crippen LogP contribution in [0.4, 0.5) is 0 Å². The van der Waals surface area contributed by atoms with Crippen molar-refractivity contribution in [1.29, 1.82) is 0 Å². The smallest absolute Gasteiger partial charge is 0.247 e. The largest absolute Gasteiger partial charge is 0.393 e. The molecule has 0 spiro atoms. The van der Waals surface area contributed by atoms with Gasteiger partial charge in [0.15, 0.2) is 0 Å². The second kappa shape index (κ2) is 21.7. The molecule has 78 heavy (non-hydrogen) atoms. The zero-order valence-electron chi connectivity index (χ0n) is 43.2. The van der Waals surface area contributed by atoms with Crippen LogP contribution in [-0.4, -0.2) is 122 Å². The van der Waals surface area contributed by atoms with Gasteiger partial charge in [-0.1, -0.05) is 84.9 Å². The van der Waals surface area contributed by atoms with Crippen LogP contribution < -0.4 is 0 Å². The van der Waals surface area contributed by atoms with Gasteiger partial charge in [-0.05, 0) is 110 Å². The van der Waals surface area contributed by atoms with E-state index < -0.39 is 18.2 Å². The van der Waals surface area contributed by atoms with Crippen LogP contribution in [0.3, 0.4) is 0 Å². The maximum Gasteiger partial charge on any atom is 0.247 e. The Labute approximate surface area is 451 Å². The van der Waals surface area contributed by atoms with Gasteiger partial charge in [0.1, 0.15) is 16.9 Å². The SMILES string of the molecule is COC1CCN(C(=O)/C=C/c2c(-c3ccccc3)nc3ccccn23)C(c2cccc(-c3nc4ccccn4c3/C=C/C(=O)N3CCC(O)CC3c3cccc(-c4nc5ccccn5c4/C=C/C(=O)N4CCC(O)C4)c3)c2)C1. The van der Waals surface area contributed by atoms with E-state index in [2.05, 4.69) is 12.1 Å². The summed E-state index contributed by atoms with van der Waals surface area (Å²) in [6.07, 6.45) is 17.5. The minimum atomic E-state index is -0.608. The number of pyridine rings is 3. The first-order valence-corrected chi connectivity index (χ1v) is 26.7. The minimum absolute atomic E-state index is 0.0451. The van der Waals surface area contributed by atoms with Gasteiger partial charge >= 0.3 is 0 Å². The monoisotopic (exact) mass is 1040 g/mol. The molecular weight excluding hydrogens is 979 g/mol. The lowest BCUT2D eigenvalue weighted by atomic mass is 9.91. The normalized spacial score (nSPS) is 20.1. The van der Waals surface area contributed by atoms with Crippen LogP contribution in [0.15, 0.2) is 170 Å². The van der Waals surface area contributed by atoms with Crippen LogP contribution in [0, 0.1) is 0 Å². The van der Waals surface area contributed by atoms with Gasteiger partial charge in [-0.15, -0.1) is 0 Å². The molecule has 392 valence electrons. The standard InChI is InChI=1S/C63H59N9O6/c1-78-49-30-36-72(60(77)26-23-50-61(42-13-3-2-4-14-42)64-55-19-5-8-31-68(50)55)54(40-49)44-16-12-18-46(38-44)63-52(70-33-10-7-21-57(70)66-63)24-27-59(76)71-35-29-47(73)39-53(71)43-15-11-17-45(37-43)62-51(69-32-9-6-20-56(69)65-62)22-25-58(75)67-34-28-48(74)41-67/h2-27,31-33,37-38,47-49,53-54,73-74H,28-30,34-36,39-41H2,1H3/b25-22+,26-23+,27-24+. The number of ether oxygens (including phenoxy) is 1. The molecule has 3 saturated heterocycles. The second-order valence-corrected chi connectivity index (χ2v) is 20.3. The molecule has 0 aliphatic carbocycles. The van der Waals surface area contributed by atoms with Gasteiger partial charge in [-0.3, -0.25) is 27.6 Å². The maximum atomic E-state index is 14.7. The summed E-state index contributed by atoms with van der Waals surface area (Å²) in [4.78, 5) is 62.8. The van der Waals surface area contributed by atoms with Crippen molar-refractivity contribution < 1.29 is 29.3 Å². The molecule has 9 heterocycles. The summed E-state index contributed by atoms with van der Waals surface area (Å²) in [7, 11) is 1.72. The average Bonchev–Trinajstić information content (AvgIpc) is 4.37. The van der Waals surface area contributed by atoms with Crippen molar-refractivity contribution in [3.05, 3.63) is 198 Å². The average molecular weight is 1040 g/mol. The van der Waals surface area contributed by atoms with Crippen LogP contribution >= 0.6 is 0 Å². The summed E-state index contributed by atoms with van der Waals surface area (Å²) in [5, 5.41) is 21.2. The summed E-state index contributed by atoms with van der Waals surface area (Å²) < 4.78 is 11.8. The van der Waals surface area contributed by atoms with E-state index in [0.29, 0.717) is 81.0 Å². The Morgan fingerprint density at radius 3 is 1.45 bits per heavy atom. The third-order valence-corrected chi connectivity index (χ3v) is 15.5. The van der Waals surface area contributed by atoms with Gasteiger partial charge in [-0.2, -0.15) is 0 Å². The molecule has 3 aliphatic heterocycles. The molecule has 0 radical (unpaired) electrons. The number of benzene rings is 3. The molecular formula is C63H59N9O6. The molecule has 5 atom stereocenters. The van der Waals surface area contributed by atoms with Crippen LogP contribution in [0.2, 0.25) is 0 Å². The van der Waals surface area contributed by atoms with Crippen molar-refractivity contribution >= 4 is 52.9 Å². The third kappa shape index (κ3) is 9.94. The first-order valence-electron chi connectivity index (χ1n) is 26.7. The maximum absolute atomic E-state index is 14.7. The fourth-order valence-corrected chi connectivity index (χ4v) is 11.5. The molecule has 9 aromatic rings. The number of aliphatic hydroxyl groups excluding tert-OH is 2. The number of fused-ring (bicyclic) bond motifs is 3. The number of hydrogen-bond acceptors (Lipinski definition) is 9. The first-order chi connectivity index (χ1) is 38.2. The number of amides is 3. The Bertz CT molecular complexity index is 3800.